The second-order valence-corrected chi connectivity index (χ2v) is 3.82. The highest BCUT2D eigenvalue weighted by Crippen LogP contribution is 2.15. The number of carbonyl (C=O) groups excluding carboxylic acids is 3. The number of amides is 2. The average Bonchev–Trinajstić information content (AvgIpc) is 2.52. The Morgan fingerprint density at radius 3 is 2.76 bits per heavy atom. The molecule has 1 radical (unpaired) electrons. The molecule has 7 nitrogen and oxygen atoms in total. The minimum Gasteiger partial charge on any atom is -0.345 e. The average molecular weight is 290 g/mol. The highest BCUT2D eigenvalue weighted by molar-refractivity contribution is 6.22. The molecule has 0 bridgehead atoms. The van der Waals surface area contributed by atoms with Crippen LogP contribution in [0, 0.1) is 0 Å². The first-order valence-corrected chi connectivity index (χ1v) is 6.26. The van der Waals surface area contributed by atoms with E-state index in [-0.39, 0.29) is 12.1 Å². The zero-order valence-corrected chi connectivity index (χ0v) is 11.8. The lowest BCUT2D eigenvalue weighted by Gasteiger charge is -2.19. The maximum atomic E-state index is 12.4. The highest BCUT2D eigenvalue weighted by atomic mass is 16.7. The fraction of sp³-hybridized carbons (Fsp3) is 0.286. The molecule has 111 valence electrons. The third-order valence-corrected chi connectivity index (χ3v) is 2.52. The zero-order valence-electron chi connectivity index (χ0n) is 11.8. The molecule has 1 aromatic heterocycles. The third-order valence-electron chi connectivity index (χ3n) is 2.52. The van der Waals surface area contributed by atoms with E-state index in [0.717, 1.165) is 11.1 Å². The molecule has 1 aromatic rings. The Morgan fingerprint density at radius 1 is 1.48 bits per heavy atom. The first-order chi connectivity index (χ1) is 10.1. The van der Waals surface area contributed by atoms with Gasteiger partial charge in [0.1, 0.15) is 0 Å². The minimum absolute atomic E-state index is 0.0719. The van der Waals surface area contributed by atoms with Gasteiger partial charge in [0.25, 0.3) is 5.91 Å². The van der Waals surface area contributed by atoms with Gasteiger partial charge in [-0.25, -0.2) is 5.06 Å². The van der Waals surface area contributed by atoms with Crippen LogP contribution in [0.15, 0.2) is 30.5 Å². The molecule has 0 atom stereocenters. The van der Waals surface area contributed by atoms with Crippen LogP contribution in [-0.4, -0.2) is 48.3 Å². The summed E-state index contributed by atoms with van der Waals surface area (Å²) in [5.74, 6) is -1.08. The second-order valence-electron chi connectivity index (χ2n) is 3.82. The lowest BCUT2D eigenvalue weighted by atomic mass is 10.1. The molecule has 2 amide bonds. The molecule has 0 saturated carbocycles. The molecular weight excluding hydrogens is 274 g/mol. The van der Waals surface area contributed by atoms with Gasteiger partial charge >= 0.3 is 0 Å². The van der Waals surface area contributed by atoms with Crippen molar-refractivity contribution in [3.05, 3.63) is 36.2 Å². The van der Waals surface area contributed by atoms with Crippen molar-refractivity contribution in [3.63, 3.8) is 0 Å². The van der Waals surface area contributed by atoms with Gasteiger partial charge in [-0.15, -0.1) is 0 Å². The Bertz CT molecular complexity index is 524. The predicted molar refractivity (Wildman–Crippen MR) is 75.3 cm³/mol. The number of aromatic nitrogens is 1. The van der Waals surface area contributed by atoms with Crippen molar-refractivity contribution in [1.82, 2.24) is 15.4 Å². The number of hydroxylamine groups is 2. The maximum Gasteiger partial charge on any atom is 0.279 e. The van der Waals surface area contributed by atoms with Crippen molar-refractivity contribution >= 4 is 23.7 Å². The molecule has 1 heterocycles. The van der Waals surface area contributed by atoms with Crippen molar-refractivity contribution < 1.29 is 19.2 Å². The summed E-state index contributed by atoms with van der Waals surface area (Å²) < 4.78 is 0. The van der Waals surface area contributed by atoms with Crippen LogP contribution in [0.3, 0.4) is 0 Å². The van der Waals surface area contributed by atoms with Crippen molar-refractivity contribution in [2.75, 3.05) is 20.2 Å². The monoisotopic (exact) mass is 290 g/mol. The number of carbonyl (C=O) groups is 2. The van der Waals surface area contributed by atoms with E-state index >= 15 is 0 Å². The Hall–Kier alpha value is -2.54. The van der Waals surface area contributed by atoms with Crippen LogP contribution in [0.5, 0.6) is 0 Å². The van der Waals surface area contributed by atoms with E-state index in [9.17, 15) is 14.4 Å². The molecular formula is C14H16N3O4. The van der Waals surface area contributed by atoms with Crippen LogP contribution in [0.2, 0.25) is 0 Å². The van der Waals surface area contributed by atoms with Crippen molar-refractivity contribution in [2.45, 2.75) is 6.92 Å². The normalized spacial score (nSPS) is 10.9. The lowest BCUT2D eigenvalue weighted by molar-refractivity contribution is -0.167. The fourth-order valence-electron chi connectivity index (χ4n) is 1.56. The molecule has 0 spiro atoms. The van der Waals surface area contributed by atoms with Gasteiger partial charge in [-0.2, -0.15) is 0 Å². The van der Waals surface area contributed by atoms with Crippen LogP contribution in [0.4, 0.5) is 0 Å². The van der Waals surface area contributed by atoms with Crippen LogP contribution in [0.1, 0.15) is 12.6 Å². The van der Waals surface area contributed by atoms with Gasteiger partial charge in [0.15, 0.2) is 0 Å². The van der Waals surface area contributed by atoms with Crippen molar-refractivity contribution in [2.24, 2.45) is 0 Å². The maximum absolute atomic E-state index is 12.4. The largest absolute Gasteiger partial charge is 0.345 e. The van der Waals surface area contributed by atoms with Crippen LogP contribution < -0.4 is 5.32 Å². The van der Waals surface area contributed by atoms with E-state index in [1.165, 1.54) is 19.6 Å². The van der Waals surface area contributed by atoms with Crippen LogP contribution in [0.25, 0.3) is 5.57 Å². The fourth-order valence-corrected chi connectivity index (χ4v) is 1.56. The van der Waals surface area contributed by atoms with E-state index in [4.69, 9.17) is 4.84 Å². The van der Waals surface area contributed by atoms with Crippen molar-refractivity contribution in [3.8, 4) is 0 Å². The molecule has 0 saturated heterocycles. The van der Waals surface area contributed by atoms with E-state index in [1.54, 1.807) is 25.1 Å². The number of pyridine rings is 1. The molecule has 0 aliphatic rings. The number of likely N-dealkylation sites (N-methyl/N-ethyl adjacent to an activating group) is 1. The molecule has 0 aromatic carbocycles. The summed E-state index contributed by atoms with van der Waals surface area (Å²) in [4.78, 5) is 43.2. The molecule has 0 unspecified atom stereocenters. The molecule has 1 N–H and O–H groups in total. The Morgan fingerprint density at radius 2 is 2.24 bits per heavy atom. The zero-order chi connectivity index (χ0) is 15.7. The number of hydrogen-bond donors (Lipinski definition) is 1. The van der Waals surface area contributed by atoms with E-state index in [1.807, 2.05) is 0 Å². The molecule has 21 heavy (non-hydrogen) atoms. The minimum atomic E-state index is -0.584. The standard InChI is InChI=1S/C14H16N3O4/c1-3-17(21-2)14(20)11(10-13(19)16-8-9-18)12-6-4-5-7-15-12/h4-7,10H,3,8H2,1-2H3,(H,16,19). The number of nitrogens with zero attached hydrogens (tertiary/aromatic N) is 2. The number of nitrogens with one attached hydrogen (secondary N) is 1. The molecule has 7 heteroatoms. The van der Waals surface area contributed by atoms with Crippen molar-refractivity contribution in [1.29, 1.82) is 0 Å². The predicted octanol–water partition coefficient (Wildman–Crippen LogP) is 0.101. The number of rotatable bonds is 7. The summed E-state index contributed by atoms with van der Waals surface area (Å²) in [7, 11) is 1.36. The summed E-state index contributed by atoms with van der Waals surface area (Å²) in [6, 6.07) is 5.00. The topological polar surface area (TPSA) is 88.6 Å². The van der Waals surface area contributed by atoms with Gasteiger partial charge in [0.05, 0.1) is 24.9 Å². The van der Waals surface area contributed by atoms with E-state index in [0.29, 0.717) is 12.2 Å². The van der Waals surface area contributed by atoms with Gasteiger partial charge in [0, 0.05) is 18.8 Å². The molecule has 1 rings (SSSR count). The summed E-state index contributed by atoms with van der Waals surface area (Å²) in [6.07, 6.45) is 4.14. The van der Waals surface area contributed by atoms with Gasteiger partial charge in [-0.1, -0.05) is 6.07 Å². The van der Waals surface area contributed by atoms with Gasteiger partial charge in [0.2, 0.25) is 12.2 Å². The van der Waals surface area contributed by atoms with Gasteiger partial charge in [-0.05, 0) is 19.1 Å². The molecule has 0 aliphatic heterocycles. The van der Waals surface area contributed by atoms with Gasteiger partial charge < -0.3 is 5.32 Å². The Kier molecular flexibility index (Phi) is 6.76. The Balaban J connectivity index is 3.11. The van der Waals surface area contributed by atoms with E-state index < -0.39 is 11.8 Å². The quantitative estimate of drug-likeness (QED) is 0.568. The summed E-state index contributed by atoms with van der Waals surface area (Å²) in [5, 5.41) is 3.38. The third kappa shape index (κ3) is 4.81. The number of hydrogen-bond acceptors (Lipinski definition) is 5. The Labute approximate surface area is 122 Å². The second kappa shape index (κ2) is 8.60. The first kappa shape index (κ1) is 16.5. The highest BCUT2D eigenvalue weighted by Gasteiger charge is 2.20. The molecule has 0 fully saturated rings. The summed E-state index contributed by atoms with van der Waals surface area (Å²) in [5.41, 5.74) is 0.408. The molecule has 0 aliphatic carbocycles. The smallest absolute Gasteiger partial charge is 0.279 e. The lowest BCUT2D eigenvalue weighted by Crippen LogP contribution is -2.32. The van der Waals surface area contributed by atoms with Crippen LogP contribution in [-0.2, 0) is 19.2 Å². The SMILES string of the molecule is CCN(OC)C(=O)C(=CC(=O)NC[C]=O)c1ccccn1. The van der Waals surface area contributed by atoms with Crippen LogP contribution >= 0.6 is 0 Å². The van der Waals surface area contributed by atoms with E-state index in [2.05, 4.69) is 10.3 Å². The first-order valence-electron chi connectivity index (χ1n) is 6.26. The summed E-state index contributed by atoms with van der Waals surface area (Å²) >= 11 is 0. The summed E-state index contributed by atoms with van der Waals surface area (Å²) in [6.45, 7) is 1.79. The van der Waals surface area contributed by atoms with Gasteiger partial charge in [-0.3, -0.25) is 24.2 Å².